The van der Waals surface area contributed by atoms with E-state index in [-0.39, 0.29) is 0 Å². The Morgan fingerprint density at radius 2 is 1.75 bits per heavy atom. The smallest absolute Gasteiger partial charge is 0.115 e. The van der Waals surface area contributed by atoms with Crippen LogP contribution in [0.1, 0.15) is 35.0 Å². The van der Waals surface area contributed by atoms with Crippen LogP contribution in [-0.4, -0.2) is 14.9 Å². The summed E-state index contributed by atoms with van der Waals surface area (Å²) in [5.74, 6) is 0.314. The fraction of sp³-hybridized carbons (Fsp3) is 0.286. The molecule has 1 heterocycles. The average molecular weight is 320 g/mol. The number of aromatic hydroxyl groups is 1. The number of benzene rings is 2. The quantitative estimate of drug-likeness (QED) is 0.735. The fourth-order valence-electron chi connectivity index (χ4n) is 3.00. The Labute approximate surface area is 143 Å². The van der Waals surface area contributed by atoms with Gasteiger partial charge in [0.05, 0.1) is 12.2 Å². The molecule has 3 rings (SSSR count). The Morgan fingerprint density at radius 1 is 0.958 bits per heavy atom. The van der Waals surface area contributed by atoms with Crippen LogP contribution in [0, 0.1) is 6.92 Å². The summed E-state index contributed by atoms with van der Waals surface area (Å²) < 4.78 is 2.03. The molecule has 0 amide bonds. The van der Waals surface area contributed by atoms with E-state index in [4.69, 9.17) is 0 Å². The number of phenolic OH excluding ortho intramolecular Hbond substituents is 1. The highest BCUT2D eigenvalue weighted by Crippen LogP contribution is 2.20. The van der Waals surface area contributed by atoms with Crippen LogP contribution in [0.4, 0.5) is 0 Å². The van der Waals surface area contributed by atoms with Gasteiger partial charge in [0.15, 0.2) is 0 Å². The maximum absolute atomic E-state index is 9.89. The summed E-state index contributed by atoms with van der Waals surface area (Å²) in [7, 11) is 0. The van der Waals surface area contributed by atoms with Gasteiger partial charge in [0.1, 0.15) is 5.75 Å². The summed E-state index contributed by atoms with van der Waals surface area (Å²) in [6.07, 6.45) is 2.90. The van der Waals surface area contributed by atoms with E-state index in [1.54, 1.807) is 6.07 Å². The lowest BCUT2D eigenvalue weighted by molar-refractivity contribution is 0.473. The number of hydrogen-bond acceptors (Lipinski definition) is 2. The zero-order valence-electron chi connectivity index (χ0n) is 14.4. The van der Waals surface area contributed by atoms with Gasteiger partial charge in [0.25, 0.3) is 0 Å². The minimum absolute atomic E-state index is 0.314. The van der Waals surface area contributed by atoms with Crippen molar-refractivity contribution in [1.29, 1.82) is 0 Å². The van der Waals surface area contributed by atoms with E-state index >= 15 is 0 Å². The fourth-order valence-corrected chi connectivity index (χ4v) is 3.00. The lowest BCUT2D eigenvalue weighted by Crippen LogP contribution is -2.07. The first kappa shape index (κ1) is 16.3. The summed E-state index contributed by atoms with van der Waals surface area (Å²) in [4.78, 5) is 0. The van der Waals surface area contributed by atoms with E-state index in [1.165, 1.54) is 11.1 Å². The van der Waals surface area contributed by atoms with Crippen LogP contribution >= 0.6 is 0 Å². The average Bonchev–Trinajstić information content (AvgIpc) is 2.95. The van der Waals surface area contributed by atoms with Crippen molar-refractivity contribution in [3.63, 3.8) is 0 Å². The third-order valence-corrected chi connectivity index (χ3v) is 4.43. The van der Waals surface area contributed by atoms with Crippen LogP contribution in [0.2, 0.25) is 0 Å². The maximum Gasteiger partial charge on any atom is 0.115 e. The summed E-state index contributed by atoms with van der Waals surface area (Å²) in [5.41, 5.74) is 6.01. The van der Waals surface area contributed by atoms with Crippen molar-refractivity contribution in [2.24, 2.45) is 0 Å². The second-order valence-electron chi connectivity index (χ2n) is 6.23. The first-order valence-corrected chi connectivity index (χ1v) is 8.53. The standard InChI is InChI=1S/C21H24N2O/c1-3-20-13-16(2)23(22-20)15-19-14-21(24)12-11-18(19)10-9-17-7-5-4-6-8-17/h4-8,11-14,24H,3,9-10,15H2,1-2H3. The molecule has 0 aliphatic carbocycles. The van der Waals surface area contributed by atoms with Crippen molar-refractivity contribution >= 4 is 0 Å². The Balaban J connectivity index is 1.81. The van der Waals surface area contributed by atoms with Gasteiger partial charge in [-0.2, -0.15) is 5.10 Å². The minimum atomic E-state index is 0.314. The topological polar surface area (TPSA) is 38.0 Å². The second-order valence-corrected chi connectivity index (χ2v) is 6.23. The molecular formula is C21H24N2O. The minimum Gasteiger partial charge on any atom is -0.508 e. The molecule has 0 radical (unpaired) electrons. The number of rotatable bonds is 6. The number of phenols is 1. The van der Waals surface area contributed by atoms with Crippen LogP contribution in [0.15, 0.2) is 54.6 Å². The van der Waals surface area contributed by atoms with Crippen molar-refractivity contribution in [2.75, 3.05) is 0 Å². The Bertz CT molecular complexity index is 806. The van der Waals surface area contributed by atoms with Crippen molar-refractivity contribution < 1.29 is 5.11 Å². The van der Waals surface area contributed by atoms with Gasteiger partial charge in [-0.15, -0.1) is 0 Å². The summed E-state index contributed by atoms with van der Waals surface area (Å²) in [5, 5.41) is 14.5. The highest BCUT2D eigenvalue weighted by atomic mass is 16.3. The lowest BCUT2D eigenvalue weighted by Gasteiger charge is -2.12. The SMILES string of the molecule is CCc1cc(C)n(Cc2cc(O)ccc2CCc2ccccc2)n1. The van der Waals surface area contributed by atoms with Crippen LogP contribution in [0.3, 0.4) is 0 Å². The van der Waals surface area contributed by atoms with Crippen LogP contribution in [0.25, 0.3) is 0 Å². The van der Waals surface area contributed by atoms with Crippen molar-refractivity contribution in [3.05, 3.63) is 82.7 Å². The van der Waals surface area contributed by atoms with E-state index in [2.05, 4.69) is 49.3 Å². The van der Waals surface area contributed by atoms with Gasteiger partial charge in [-0.25, -0.2) is 0 Å². The van der Waals surface area contributed by atoms with E-state index < -0.39 is 0 Å². The molecule has 1 N–H and O–H groups in total. The van der Waals surface area contributed by atoms with Crippen LogP contribution in [0.5, 0.6) is 5.75 Å². The Kier molecular flexibility index (Phi) is 4.99. The molecule has 0 aliphatic heterocycles. The maximum atomic E-state index is 9.89. The summed E-state index contributed by atoms with van der Waals surface area (Å²) in [6, 6.07) is 18.3. The van der Waals surface area contributed by atoms with E-state index in [0.29, 0.717) is 12.3 Å². The molecule has 0 fully saturated rings. The molecule has 1 aromatic heterocycles. The number of nitrogens with zero attached hydrogens (tertiary/aromatic N) is 2. The molecule has 0 spiro atoms. The Hall–Kier alpha value is -2.55. The van der Waals surface area contributed by atoms with E-state index in [9.17, 15) is 5.11 Å². The van der Waals surface area contributed by atoms with Gasteiger partial charge in [-0.05, 0) is 61.1 Å². The predicted octanol–water partition coefficient (Wildman–Crippen LogP) is 4.29. The second kappa shape index (κ2) is 7.35. The third-order valence-electron chi connectivity index (χ3n) is 4.43. The monoisotopic (exact) mass is 320 g/mol. The molecule has 24 heavy (non-hydrogen) atoms. The van der Waals surface area contributed by atoms with Crippen molar-refractivity contribution in [3.8, 4) is 5.75 Å². The van der Waals surface area contributed by atoms with E-state index in [0.717, 1.165) is 36.2 Å². The number of aryl methyl sites for hydroxylation is 4. The molecule has 2 aromatic carbocycles. The molecule has 0 aliphatic rings. The van der Waals surface area contributed by atoms with E-state index in [1.807, 2.05) is 22.9 Å². The van der Waals surface area contributed by atoms with Gasteiger partial charge < -0.3 is 5.11 Å². The molecule has 0 bridgehead atoms. The summed E-state index contributed by atoms with van der Waals surface area (Å²) >= 11 is 0. The zero-order valence-corrected chi connectivity index (χ0v) is 14.4. The highest BCUT2D eigenvalue weighted by molar-refractivity contribution is 5.36. The zero-order chi connectivity index (χ0) is 16.9. The molecule has 0 unspecified atom stereocenters. The molecule has 0 saturated carbocycles. The lowest BCUT2D eigenvalue weighted by atomic mass is 9.99. The molecule has 0 atom stereocenters. The van der Waals surface area contributed by atoms with Gasteiger partial charge in [-0.3, -0.25) is 4.68 Å². The molecular weight excluding hydrogens is 296 g/mol. The van der Waals surface area contributed by atoms with Gasteiger partial charge in [-0.1, -0.05) is 43.3 Å². The molecule has 0 saturated heterocycles. The number of aromatic nitrogens is 2. The molecule has 3 nitrogen and oxygen atoms in total. The predicted molar refractivity (Wildman–Crippen MR) is 97.4 cm³/mol. The van der Waals surface area contributed by atoms with Gasteiger partial charge in [0, 0.05) is 5.69 Å². The Morgan fingerprint density at radius 3 is 2.46 bits per heavy atom. The largest absolute Gasteiger partial charge is 0.508 e. The number of hydrogen-bond donors (Lipinski definition) is 1. The highest BCUT2D eigenvalue weighted by Gasteiger charge is 2.09. The first-order valence-electron chi connectivity index (χ1n) is 8.53. The van der Waals surface area contributed by atoms with Crippen LogP contribution < -0.4 is 0 Å². The van der Waals surface area contributed by atoms with Crippen molar-refractivity contribution in [2.45, 2.75) is 39.7 Å². The normalized spacial score (nSPS) is 10.9. The van der Waals surface area contributed by atoms with Crippen molar-refractivity contribution in [1.82, 2.24) is 9.78 Å². The molecule has 124 valence electrons. The first-order chi connectivity index (χ1) is 11.7. The van der Waals surface area contributed by atoms with Crippen LogP contribution in [-0.2, 0) is 25.8 Å². The van der Waals surface area contributed by atoms with Gasteiger partial charge >= 0.3 is 0 Å². The van der Waals surface area contributed by atoms with Gasteiger partial charge in [0.2, 0.25) is 0 Å². The summed E-state index contributed by atoms with van der Waals surface area (Å²) in [6.45, 7) is 4.90. The molecule has 3 heteroatoms. The molecule has 3 aromatic rings. The third kappa shape index (κ3) is 3.85.